The van der Waals surface area contributed by atoms with Gasteiger partial charge in [-0.25, -0.2) is 5.43 Å². The van der Waals surface area contributed by atoms with Gasteiger partial charge in [0.1, 0.15) is 5.75 Å². The average Bonchev–Trinajstić information content (AvgIpc) is 2.56. The minimum absolute atomic E-state index is 0.0655. The summed E-state index contributed by atoms with van der Waals surface area (Å²) in [7, 11) is 0. The molecule has 8 heteroatoms. The van der Waals surface area contributed by atoms with E-state index < -0.39 is 11.8 Å². The molecule has 0 aliphatic rings. The van der Waals surface area contributed by atoms with Gasteiger partial charge in [0.15, 0.2) is 0 Å². The van der Waals surface area contributed by atoms with E-state index in [2.05, 4.69) is 21.2 Å². The van der Waals surface area contributed by atoms with Crippen LogP contribution in [0.2, 0.25) is 0 Å². The molecule has 0 saturated heterocycles. The fourth-order valence-corrected chi connectivity index (χ4v) is 1.85. The smallest absolute Gasteiger partial charge is 0.329 e. The third-order valence-corrected chi connectivity index (χ3v) is 2.92. The first kappa shape index (κ1) is 17.7. The number of hydrazone groups is 1. The molecule has 4 N–H and O–H groups in total. The third kappa shape index (κ3) is 5.79. The van der Waals surface area contributed by atoms with Crippen molar-refractivity contribution in [3.8, 4) is 5.75 Å². The van der Waals surface area contributed by atoms with Gasteiger partial charge < -0.3 is 15.7 Å². The number of amides is 3. The van der Waals surface area contributed by atoms with Gasteiger partial charge >= 0.3 is 11.8 Å². The zero-order valence-corrected chi connectivity index (χ0v) is 13.3. The van der Waals surface area contributed by atoms with Crippen molar-refractivity contribution in [3.05, 3.63) is 54.1 Å². The van der Waals surface area contributed by atoms with Gasteiger partial charge in [0.2, 0.25) is 5.91 Å². The van der Waals surface area contributed by atoms with Crippen molar-refractivity contribution in [2.45, 2.75) is 6.92 Å². The van der Waals surface area contributed by atoms with Crippen LogP contribution in [0, 0.1) is 0 Å². The summed E-state index contributed by atoms with van der Waals surface area (Å²) in [5.41, 5.74) is 3.62. The molecule has 0 unspecified atom stereocenters. The highest BCUT2D eigenvalue weighted by molar-refractivity contribution is 6.39. The van der Waals surface area contributed by atoms with E-state index in [-0.39, 0.29) is 11.7 Å². The summed E-state index contributed by atoms with van der Waals surface area (Å²) < 4.78 is 0. The van der Waals surface area contributed by atoms with Crippen molar-refractivity contribution in [2.24, 2.45) is 5.10 Å². The van der Waals surface area contributed by atoms with E-state index in [9.17, 15) is 19.5 Å². The Kier molecular flexibility index (Phi) is 5.83. The van der Waals surface area contributed by atoms with Crippen molar-refractivity contribution in [1.29, 1.82) is 0 Å². The Balaban J connectivity index is 1.87. The molecule has 0 heterocycles. The molecule has 2 rings (SSSR count). The van der Waals surface area contributed by atoms with E-state index in [0.29, 0.717) is 16.9 Å². The van der Waals surface area contributed by atoms with Crippen LogP contribution in [0.15, 0.2) is 53.6 Å². The number of nitrogens with one attached hydrogen (secondary N) is 3. The highest BCUT2D eigenvalue weighted by Crippen LogP contribution is 2.13. The van der Waals surface area contributed by atoms with Crippen LogP contribution in [0.1, 0.15) is 12.5 Å². The van der Waals surface area contributed by atoms with E-state index in [1.165, 1.54) is 25.3 Å². The first-order valence-electron chi connectivity index (χ1n) is 7.25. The fraction of sp³-hybridized carbons (Fsp3) is 0.0588. The number of carbonyl (C=O) groups is 3. The number of hydrogen-bond donors (Lipinski definition) is 4. The largest absolute Gasteiger partial charge is 0.508 e. The van der Waals surface area contributed by atoms with Gasteiger partial charge in [0, 0.05) is 18.3 Å². The summed E-state index contributed by atoms with van der Waals surface area (Å²) in [6, 6.07) is 12.5. The lowest BCUT2D eigenvalue weighted by molar-refractivity contribution is -0.136. The van der Waals surface area contributed by atoms with Crippen molar-refractivity contribution in [1.82, 2.24) is 5.43 Å². The van der Waals surface area contributed by atoms with Crippen LogP contribution in [-0.2, 0) is 14.4 Å². The Bertz CT molecular complexity index is 816. The lowest BCUT2D eigenvalue weighted by Gasteiger charge is -2.06. The molecule has 0 atom stereocenters. The summed E-state index contributed by atoms with van der Waals surface area (Å²) in [6.45, 7) is 1.39. The van der Waals surface area contributed by atoms with Crippen LogP contribution in [-0.4, -0.2) is 29.0 Å². The standard InChI is InChI=1S/C17H16N4O4/c1-11(22)19-13-5-7-14(8-6-13)20-16(24)17(25)21-18-10-12-3-2-4-15(23)9-12/h2-10,23H,1H3,(H,19,22)(H,20,24)(H,21,25)/b18-10+. The maximum atomic E-state index is 11.8. The molecule has 2 aromatic rings. The Morgan fingerprint density at radius 1 is 0.960 bits per heavy atom. The van der Waals surface area contributed by atoms with E-state index in [4.69, 9.17) is 0 Å². The molecular formula is C17H16N4O4. The molecule has 0 aromatic heterocycles. The number of hydrogen-bond acceptors (Lipinski definition) is 5. The second-order valence-electron chi connectivity index (χ2n) is 5.01. The maximum absolute atomic E-state index is 11.8. The van der Waals surface area contributed by atoms with E-state index >= 15 is 0 Å². The van der Waals surface area contributed by atoms with Crippen LogP contribution in [0.25, 0.3) is 0 Å². The minimum Gasteiger partial charge on any atom is -0.508 e. The van der Waals surface area contributed by atoms with Gasteiger partial charge in [-0.1, -0.05) is 12.1 Å². The molecule has 3 amide bonds. The average molecular weight is 340 g/mol. The molecule has 0 saturated carbocycles. The van der Waals surface area contributed by atoms with Crippen LogP contribution in [0.3, 0.4) is 0 Å². The Morgan fingerprint density at radius 3 is 2.20 bits per heavy atom. The number of rotatable bonds is 4. The van der Waals surface area contributed by atoms with E-state index in [1.807, 2.05) is 0 Å². The highest BCUT2D eigenvalue weighted by Gasteiger charge is 2.12. The van der Waals surface area contributed by atoms with E-state index in [1.54, 1.807) is 36.4 Å². The zero-order valence-electron chi connectivity index (χ0n) is 13.3. The molecule has 8 nitrogen and oxygen atoms in total. The third-order valence-electron chi connectivity index (χ3n) is 2.92. The minimum atomic E-state index is -0.942. The van der Waals surface area contributed by atoms with Gasteiger partial charge in [-0.2, -0.15) is 5.10 Å². The van der Waals surface area contributed by atoms with Crippen LogP contribution in [0.4, 0.5) is 11.4 Å². The number of phenols is 1. The molecule has 128 valence electrons. The number of aromatic hydroxyl groups is 1. The lowest BCUT2D eigenvalue weighted by Crippen LogP contribution is -2.32. The summed E-state index contributed by atoms with van der Waals surface area (Å²) in [6.07, 6.45) is 1.30. The first-order valence-corrected chi connectivity index (χ1v) is 7.25. The van der Waals surface area contributed by atoms with Gasteiger partial charge in [-0.3, -0.25) is 14.4 Å². The summed E-state index contributed by atoms with van der Waals surface area (Å²) in [4.78, 5) is 34.4. The number of benzene rings is 2. The summed E-state index contributed by atoms with van der Waals surface area (Å²) in [5, 5.41) is 17.9. The monoisotopic (exact) mass is 340 g/mol. The van der Waals surface area contributed by atoms with Crippen LogP contribution >= 0.6 is 0 Å². The molecule has 0 radical (unpaired) electrons. The molecular weight excluding hydrogens is 324 g/mol. The summed E-state index contributed by atoms with van der Waals surface area (Å²) in [5.74, 6) is -1.97. The predicted octanol–water partition coefficient (Wildman–Crippen LogP) is 1.44. The second kappa shape index (κ2) is 8.25. The number of phenolic OH excluding ortho intramolecular Hbond substituents is 1. The predicted molar refractivity (Wildman–Crippen MR) is 93.2 cm³/mol. The maximum Gasteiger partial charge on any atom is 0.329 e. The topological polar surface area (TPSA) is 120 Å². The van der Waals surface area contributed by atoms with Crippen LogP contribution < -0.4 is 16.1 Å². The summed E-state index contributed by atoms with van der Waals surface area (Å²) >= 11 is 0. The highest BCUT2D eigenvalue weighted by atomic mass is 16.3. The van der Waals surface area contributed by atoms with Crippen LogP contribution in [0.5, 0.6) is 5.75 Å². The molecule has 0 spiro atoms. The van der Waals surface area contributed by atoms with Gasteiger partial charge in [0.25, 0.3) is 0 Å². The number of carbonyl (C=O) groups excluding carboxylic acids is 3. The molecule has 0 aliphatic heterocycles. The van der Waals surface area contributed by atoms with Crippen molar-refractivity contribution in [2.75, 3.05) is 10.6 Å². The van der Waals surface area contributed by atoms with E-state index in [0.717, 1.165) is 0 Å². The Morgan fingerprint density at radius 2 is 1.60 bits per heavy atom. The first-order chi connectivity index (χ1) is 11.9. The quantitative estimate of drug-likeness (QED) is 0.382. The molecule has 2 aromatic carbocycles. The van der Waals surface area contributed by atoms with Gasteiger partial charge in [-0.15, -0.1) is 0 Å². The van der Waals surface area contributed by atoms with Crippen molar-refractivity contribution >= 4 is 35.3 Å². The van der Waals surface area contributed by atoms with Gasteiger partial charge in [0.05, 0.1) is 6.21 Å². The normalized spacial score (nSPS) is 10.3. The SMILES string of the molecule is CC(=O)Nc1ccc(NC(=O)C(=O)N/N=C/c2cccc(O)c2)cc1. The Labute approximate surface area is 143 Å². The molecule has 25 heavy (non-hydrogen) atoms. The second-order valence-corrected chi connectivity index (χ2v) is 5.01. The van der Waals surface area contributed by atoms with Gasteiger partial charge in [-0.05, 0) is 42.0 Å². The molecule has 0 aliphatic carbocycles. The van der Waals surface area contributed by atoms with Crippen molar-refractivity contribution in [3.63, 3.8) is 0 Å². The Hall–Kier alpha value is -3.68. The number of nitrogens with zero attached hydrogens (tertiary/aromatic N) is 1. The lowest BCUT2D eigenvalue weighted by atomic mass is 10.2. The number of anilines is 2. The zero-order chi connectivity index (χ0) is 18.2. The molecule has 0 bridgehead atoms. The fourth-order valence-electron chi connectivity index (χ4n) is 1.85. The molecule has 0 fully saturated rings. The van der Waals surface area contributed by atoms with Crippen molar-refractivity contribution < 1.29 is 19.5 Å².